The van der Waals surface area contributed by atoms with Crippen molar-refractivity contribution in [2.75, 3.05) is 18.1 Å². The van der Waals surface area contributed by atoms with E-state index in [1.165, 1.54) is 0 Å². The van der Waals surface area contributed by atoms with Gasteiger partial charge >= 0.3 is 0 Å². The van der Waals surface area contributed by atoms with Gasteiger partial charge in [-0.15, -0.1) is 18.2 Å². The summed E-state index contributed by atoms with van der Waals surface area (Å²) in [7, 11) is 0. The van der Waals surface area contributed by atoms with Gasteiger partial charge in [-0.2, -0.15) is 5.26 Å². The number of halogens is 2. The highest BCUT2D eigenvalue weighted by atomic mass is 32.2. The number of rotatable bonds is 6. The summed E-state index contributed by atoms with van der Waals surface area (Å²) in [6.45, 7) is 0.714. The Hall–Kier alpha value is -1.56. The summed E-state index contributed by atoms with van der Waals surface area (Å²) < 4.78 is 26.9. The zero-order valence-electron chi connectivity index (χ0n) is 9.67. The van der Waals surface area contributed by atoms with E-state index in [0.29, 0.717) is 12.3 Å². The number of nitrogens with zero attached hydrogens (tertiary/aromatic N) is 1. The summed E-state index contributed by atoms with van der Waals surface area (Å²) in [6, 6.07) is 3.77. The Morgan fingerprint density at radius 2 is 2.00 bits per heavy atom. The molecule has 0 amide bonds. The van der Waals surface area contributed by atoms with Crippen LogP contribution in [0.3, 0.4) is 0 Å². The molecule has 0 aliphatic rings. The standard InChI is InChI=1S/C13H12F2N2S/c1-2-4-18-5-3-17-9-11-12(14)6-10(8-16)7-13(11)15/h1,6-7,17H,3-5,9H2. The average molecular weight is 266 g/mol. The molecule has 18 heavy (non-hydrogen) atoms. The first-order valence-electron chi connectivity index (χ1n) is 5.29. The van der Waals surface area contributed by atoms with E-state index in [1.807, 2.05) is 0 Å². The maximum absolute atomic E-state index is 13.5. The number of terminal acetylenes is 1. The third-order valence-electron chi connectivity index (χ3n) is 2.18. The van der Waals surface area contributed by atoms with Crippen molar-refractivity contribution in [3.63, 3.8) is 0 Å². The highest BCUT2D eigenvalue weighted by molar-refractivity contribution is 7.99. The lowest BCUT2D eigenvalue weighted by atomic mass is 10.1. The Labute approximate surface area is 109 Å². The van der Waals surface area contributed by atoms with Crippen molar-refractivity contribution in [3.05, 3.63) is 34.9 Å². The molecule has 94 valence electrons. The van der Waals surface area contributed by atoms with Gasteiger partial charge in [0.2, 0.25) is 0 Å². The zero-order valence-corrected chi connectivity index (χ0v) is 10.5. The minimum absolute atomic E-state index is 0.0154. The van der Waals surface area contributed by atoms with Gasteiger partial charge in [-0.1, -0.05) is 5.92 Å². The summed E-state index contributed by atoms with van der Waals surface area (Å²) in [4.78, 5) is 0. The van der Waals surface area contributed by atoms with Crippen molar-refractivity contribution in [2.45, 2.75) is 6.54 Å². The second-order valence-electron chi connectivity index (χ2n) is 3.46. The normalized spacial score (nSPS) is 9.78. The number of nitrogens with one attached hydrogen (secondary N) is 1. The number of benzene rings is 1. The van der Waals surface area contributed by atoms with Crippen molar-refractivity contribution in [2.24, 2.45) is 0 Å². The monoisotopic (exact) mass is 266 g/mol. The molecule has 0 saturated heterocycles. The Kier molecular flexibility index (Phi) is 6.21. The fourth-order valence-electron chi connectivity index (χ4n) is 1.33. The molecule has 0 heterocycles. The van der Waals surface area contributed by atoms with E-state index in [2.05, 4.69) is 11.2 Å². The smallest absolute Gasteiger partial charge is 0.131 e. The molecule has 0 spiro atoms. The fraction of sp³-hybridized carbons (Fsp3) is 0.308. The molecule has 0 saturated carbocycles. The van der Waals surface area contributed by atoms with Crippen molar-refractivity contribution >= 4 is 11.8 Å². The zero-order chi connectivity index (χ0) is 13.4. The van der Waals surface area contributed by atoms with E-state index >= 15 is 0 Å². The molecule has 0 aromatic heterocycles. The third-order valence-corrected chi connectivity index (χ3v) is 3.04. The molecule has 2 nitrogen and oxygen atoms in total. The van der Waals surface area contributed by atoms with E-state index in [-0.39, 0.29) is 17.7 Å². The van der Waals surface area contributed by atoms with E-state index in [0.717, 1.165) is 17.9 Å². The summed E-state index contributed by atoms with van der Waals surface area (Å²) in [6.07, 6.45) is 5.08. The van der Waals surface area contributed by atoms with Gasteiger partial charge in [0.15, 0.2) is 0 Å². The third kappa shape index (κ3) is 4.37. The van der Waals surface area contributed by atoms with E-state index < -0.39 is 11.6 Å². The lowest BCUT2D eigenvalue weighted by molar-refractivity contribution is 0.539. The molecule has 0 atom stereocenters. The van der Waals surface area contributed by atoms with Crippen molar-refractivity contribution in [1.29, 1.82) is 5.26 Å². The van der Waals surface area contributed by atoms with Crippen molar-refractivity contribution in [1.82, 2.24) is 5.32 Å². The average Bonchev–Trinajstić information content (AvgIpc) is 2.35. The van der Waals surface area contributed by atoms with Crippen LogP contribution in [0.2, 0.25) is 0 Å². The molecule has 0 radical (unpaired) electrons. The first-order valence-corrected chi connectivity index (χ1v) is 6.44. The summed E-state index contributed by atoms with van der Waals surface area (Å²) in [5.74, 6) is 2.50. The number of nitriles is 1. The van der Waals surface area contributed by atoms with Crippen LogP contribution in [0.4, 0.5) is 8.78 Å². The van der Waals surface area contributed by atoms with Crippen LogP contribution in [-0.2, 0) is 6.54 Å². The first kappa shape index (κ1) is 14.5. The van der Waals surface area contributed by atoms with Crippen LogP contribution in [0.5, 0.6) is 0 Å². The Morgan fingerprint density at radius 3 is 2.56 bits per heavy atom. The van der Waals surface area contributed by atoms with E-state index in [1.54, 1.807) is 17.8 Å². The van der Waals surface area contributed by atoms with Crippen LogP contribution in [0.1, 0.15) is 11.1 Å². The van der Waals surface area contributed by atoms with Crippen LogP contribution >= 0.6 is 11.8 Å². The van der Waals surface area contributed by atoms with Crippen LogP contribution < -0.4 is 5.32 Å². The van der Waals surface area contributed by atoms with Gasteiger partial charge in [0.05, 0.1) is 17.4 Å². The molecule has 0 fully saturated rings. The lowest BCUT2D eigenvalue weighted by Crippen LogP contribution is -2.18. The Bertz CT molecular complexity index is 466. The molecule has 0 unspecified atom stereocenters. The molecule has 1 aromatic carbocycles. The van der Waals surface area contributed by atoms with Crippen molar-refractivity contribution < 1.29 is 8.78 Å². The van der Waals surface area contributed by atoms with Gasteiger partial charge < -0.3 is 5.32 Å². The van der Waals surface area contributed by atoms with Crippen LogP contribution in [0, 0.1) is 35.3 Å². The SMILES string of the molecule is C#CCSCCNCc1c(F)cc(C#N)cc1F. The molecular weight excluding hydrogens is 254 g/mol. The Morgan fingerprint density at radius 1 is 1.33 bits per heavy atom. The van der Waals surface area contributed by atoms with Crippen LogP contribution in [0.15, 0.2) is 12.1 Å². The summed E-state index contributed by atoms with van der Waals surface area (Å²) >= 11 is 1.57. The molecule has 0 bridgehead atoms. The van der Waals surface area contributed by atoms with Gasteiger partial charge in [-0.05, 0) is 12.1 Å². The van der Waals surface area contributed by atoms with Gasteiger partial charge in [0.25, 0.3) is 0 Å². The highest BCUT2D eigenvalue weighted by Gasteiger charge is 2.10. The molecule has 0 aliphatic carbocycles. The summed E-state index contributed by atoms with van der Waals surface area (Å²) in [5, 5.41) is 11.5. The molecule has 1 rings (SSSR count). The predicted octanol–water partition coefficient (Wildman–Crippen LogP) is 2.29. The second kappa shape index (κ2) is 7.71. The molecular formula is C13H12F2N2S. The minimum Gasteiger partial charge on any atom is -0.312 e. The lowest BCUT2D eigenvalue weighted by Gasteiger charge is -2.07. The first-order chi connectivity index (χ1) is 8.69. The minimum atomic E-state index is -0.699. The fourth-order valence-corrected chi connectivity index (χ4v) is 1.88. The quantitative estimate of drug-likeness (QED) is 0.634. The van der Waals surface area contributed by atoms with Crippen LogP contribution in [-0.4, -0.2) is 18.1 Å². The Balaban J connectivity index is 2.48. The topological polar surface area (TPSA) is 35.8 Å². The molecule has 1 aromatic rings. The van der Waals surface area contributed by atoms with E-state index in [4.69, 9.17) is 11.7 Å². The largest absolute Gasteiger partial charge is 0.312 e. The van der Waals surface area contributed by atoms with Crippen molar-refractivity contribution in [3.8, 4) is 18.4 Å². The number of hydrogen-bond acceptors (Lipinski definition) is 3. The second-order valence-corrected chi connectivity index (χ2v) is 4.57. The predicted molar refractivity (Wildman–Crippen MR) is 68.9 cm³/mol. The number of hydrogen-bond donors (Lipinski definition) is 1. The maximum atomic E-state index is 13.5. The van der Waals surface area contributed by atoms with Gasteiger partial charge in [-0.3, -0.25) is 0 Å². The number of thioether (sulfide) groups is 1. The molecule has 0 aliphatic heterocycles. The maximum Gasteiger partial charge on any atom is 0.131 e. The van der Waals surface area contributed by atoms with Gasteiger partial charge in [0.1, 0.15) is 11.6 Å². The van der Waals surface area contributed by atoms with E-state index in [9.17, 15) is 8.78 Å². The van der Waals surface area contributed by atoms with Gasteiger partial charge in [-0.25, -0.2) is 8.78 Å². The molecule has 5 heteroatoms. The molecule has 1 N–H and O–H groups in total. The van der Waals surface area contributed by atoms with Gasteiger partial charge in [0, 0.05) is 24.4 Å². The highest BCUT2D eigenvalue weighted by Crippen LogP contribution is 2.14. The summed E-state index contributed by atoms with van der Waals surface area (Å²) in [5.41, 5.74) is -0.0609. The van der Waals surface area contributed by atoms with Crippen LogP contribution in [0.25, 0.3) is 0 Å².